The van der Waals surface area contributed by atoms with Gasteiger partial charge < -0.3 is 10.0 Å². The number of carboxylic acid groups (broad SMARTS) is 1. The summed E-state index contributed by atoms with van der Waals surface area (Å²) >= 11 is 5.80. The van der Waals surface area contributed by atoms with E-state index in [0.717, 1.165) is 0 Å². The molecule has 0 amide bonds. The van der Waals surface area contributed by atoms with Crippen molar-refractivity contribution in [2.45, 2.75) is 4.90 Å². The second kappa shape index (κ2) is 6.95. The molecule has 10 heteroatoms. The first-order chi connectivity index (χ1) is 11.9. The number of sulfonamides is 1. The van der Waals surface area contributed by atoms with Crippen molar-refractivity contribution in [1.29, 1.82) is 0 Å². The molecule has 1 aromatic heterocycles. The summed E-state index contributed by atoms with van der Waals surface area (Å²) in [4.78, 5) is 20.8. The minimum absolute atomic E-state index is 0.132. The van der Waals surface area contributed by atoms with Crippen molar-refractivity contribution in [2.24, 2.45) is 0 Å². The van der Waals surface area contributed by atoms with Gasteiger partial charge in [-0.15, -0.1) is 0 Å². The summed E-state index contributed by atoms with van der Waals surface area (Å²) in [6.07, 6.45) is 2.57. The molecular weight excluding hydrogens is 368 g/mol. The molecule has 2 heterocycles. The maximum atomic E-state index is 12.6. The number of nitrogens with zero attached hydrogens (tertiary/aromatic N) is 4. The number of halogens is 1. The Labute approximate surface area is 149 Å². The summed E-state index contributed by atoms with van der Waals surface area (Å²) in [5, 5.41) is 9.32. The Morgan fingerprint density at radius 2 is 1.68 bits per heavy atom. The van der Waals surface area contributed by atoms with Crippen LogP contribution >= 0.6 is 11.6 Å². The van der Waals surface area contributed by atoms with Gasteiger partial charge in [-0.3, -0.25) is 0 Å². The van der Waals surface area contributed by atoms with Crippen molar-refractivity contribution in [2.75, 3.05) is 31.1 Å². The first kappa shape index (κ1) is 17.6. The Morgan fingerprint density at radius 1 is 1.04 bits per heavy atom. The predicted molar refractivity (Wildman–Crippen MR) is 91.4 cm³/mol. The van der Waals surface area contributed by atoms with Gasteiger partial charge in [0.1, 0.15) is 5.82 Å². The van der Waals surface area contributed by atoms with E-state index in [-0.39, 0.29) is 10.6 Å². The van der Waals surface area contributed by atoms with Crippen LogP contribution in [0, 0.1) is 0 Å². The maximum absolute atomic E-state index is 12.6. The molecule has 1 fully saturated rings. The summed E-state index contributed by atoms with van der Waals surface area (Å²) < 4.78 is 26.7. The lowest BCUT2D eigenvalue weighted by Crippen LogP contribution is -2.49. The number of carboxylic acids is 1. The van der Waals surface area contributed by atoms with Gasteiger partial charge in [0.05, 0.1) is 17.3 Å². The Bertz CT molecular complexity index is 863. The van der Waals surface area contributed by atoms with Crippen molar-refractivity contribution in [3.05, 3.63) is 47.4 Å². The molecule has 0 aliphatic carbocycles. The Hall–Kier alpha value is -2.23. The minimum Gasteiger partial charge on any atom is -0.476 e. The smallest absolute Gasteiger partial charge is 0.356 e. The molecule has 1 aliphatic rings. The largest absolute Gasteiger partial charge is 0.476 e. The van der Waals surface area contributed by atoms with Crippen LogP contribution in [0.25, 0.3) is 0 Å². The fraction of sp³-hybridized carbons (Fsp3) is 0.267. The molecule has 0 spiro atoms. The fourth-order valence-corrected chi connectivity index (χ4v) is 4.06. The third-order valence-corrected chi connectivity index (χ3v) is 6.04. The second-order valence-corrected chi connectivity index (χ2v) is 7.78. The van der Waals surface area contributed by atoms with Crippen molar-refractivity contribution < 1.29 is 18.3 Å². The van der Waals surface area contributed by atoms with Gasteiger partial charge in [0.2, 0.25) is 10.0 Å². The lowest BCUT2D eigenvalue weighted by atomic mass is 10.3. The monoisotopic (exact) mass is 382 g/mol. The van der Waals surface area contributed by atoms with Crippen LogP contribution < -0.4 is 4.90 Å². The van der Waals surface area contributed by atoms with Gasteiger partial charge in [0, 0.05) is 31.2 Å². The van der Waals surface area contributed by atoms with Crippen LogP contribution in [0.15, 0.2) is 41.6 Å². The van der Waals surface area contributed by atoms with Crippen LogP contribution in [0.4, 0.5) is 5.82 Å². The second-order valence-electron chi connectivity index (χ2n) is 5.41. The zero-order chi connectivity index (χ0) is 18.0. The Kier molecular flexibility index (Phi) is 4.89. The van der Waals surface area contributed by atoms with Gasteiger partial charge in [-0.25, -0.2) is 23.2 Å². The highest BCUT2D eigenvalue weighted by atomic mass is 35.5. The molecule has 1 N–H and O–H groups in total. The molecule has 1 saturated heterocycles. The highest BCUT2D eigenvalue weighted by molar-refractivity contribution is 7.89. The molecule has 0 bridgehead atoms. The van der Waals surface area contributed by atoms with E-state index in [1.54, 1.807) is 12.1 Å². The van der Waals surface area contributed by atoms with Gasteiger partial charge in [-0.05, 0) is 24.3 Å². The molecule has 3 rings (SSSR count). The number of piperazine rings is 1. The molecule has 0 saturated carbocycles. The van der Waals surface area contributed by atoms with Crippen LogP contribution in [0.1, 0.15) is 10.5 Å². The third-order valence-electron chi connectivity index (χ3n) is 3.87. The lowest BCUT2D eigenvalue weighted by Gasteiger charge is -2.34. The quantitative estimate of drug-likeness (QED) is 0.850. The number of carbonyl (C=O) groups is 1. The number of aromatic carboxylic acids is 1. The van der Waals surface area contributed by atoms with Crippen LogP contribution in [0.5, 0.6) is 0 Å². The summed E-state index contributed by atoms with van der Waals surface area (Å²) in [7, 11) is -3.57. The van der Waals surface area contributed by atoms with E-state index in [1.165, 1.54) is 28.8 Å². The van der Waals surface area contributed by atoms with Gasteiger partial charge in [0.25, 0.3) is 0 Å². The van der Waals surface area contributed by atoms with E-state index in [4.69, 9.17) is 16.7 Å². The highest BCUT2D eigenvalue weighted by Gasteiger charge is 2.29. The average molecular weight is 383 g/mol. The standard InChI is InChI=1S/C15H15ClN4O4S/c16-11-1-3-12(4-2-11)25(23,24)20-7-5-19(6-8-20)14-10-17-13(9-18-14)15(21)22/h1-4,9-10H,5-8H2,(H,21,22). The normalized spacial score (nSPS) is 16.0. The SMILES string of the molecule is O=C(O)c1cnc(N2CCN(S(=O)(=O)c3ccc(Cl)cc3)CC2)cn1. The number of hydrogen-bond donors (Lipinski definition) is 1. The van der Waals surface area contributed by atoms with E-state index >= 15 is 0 Å². The lowest BCUT2D eigenvalue weighted by molar-refractivity contribution is 0.0690. The molecule has 0 unspecified atom stereocenters. The molecule has 0 radical (unpaired) electrons. The van der Waals surface area contributed by atoms with Crippen LogP contribution in [0.2, 0.25) is 5.02 Å². The van der Waals surface area contributed by atoms with E-state index < -0.39 is 16.0 Å². The molecule has 2 aromatic rings. The van der Waals surface area contributed by atoms with Crippen LogP contribution in [-0.4, -0.2) is 59.9 Å². The number of rotatable bonds is 4. The van der Waals surface area contributed by atoms with E-state index in [0.29, 0.717) is 37.0 Å². The molecule has 8 nitrogen and oxygen atoms in total. The zero-order valence-corrected chi connectivity index (χ0v) is 14.6. The molecule has 132 valence electrons. The maximum Gasteiger partial charge on any atom is 0.356 e. The first-order valence-electron chi connectivity index (χ1n) is 7.44. The number of anilines is 1. The predicted octanol–water partition coefficient (Wildman–Crippen LogP) is 1.34. The van der Waals surface area contributed by atoms with Crippen LogP contribution in [0.3, 0.4) is 0 Å². The summed E-state index contributed by atoms with van der Waals surface area (Å²) in [6, 6.07) is 6.06. The fourth-order valence-electron chi connectivity index (χ4n) is 2.51. The number of benzene rings is 1. The topological polar surface area (TPSA) is 104 Å². The Balaban J connectivity index is 1.69. The third kappa shape index (κ3) is 3.73. The van der Waals surface area contributed by atoms with Crippen molar-refractivity contribution in [3.63, 3.8) is 0 Å². The zero-order valence-electron chi connectivity index (χ0n) is 13.0. The van der Waals surface area contributed by atoms with E-state index in [2.05, 4.69) is 9.97 Å². The minimum atomic E-state index is -3.57. The van der Waals surface area contributed by atoms with Crippen molar-refractivity contribution in [3.8, 4) is 0 Å². The molecule has 1 aliphatic heterocycles. The van der Waals surface area contributed by atoms with Crippen molar-refractivity contribution in [1.82, 2.24) is 14.3 Å². The van der Waals surface area contributed by atoms with Crippen molar-refractivity contribution >= 4 is 33.4 Å². The molecule has 1 aromatic carbocycles. The van der Waals surface area contributed by atoms with Gasteiger partial charge in [0.15, 0.2) is 5.69 Å². The summed E-state index contributed by atoms with van der Waals surface area (Å²) in [5.41, 5.74) is -0.132. The number of hydrogen-bond acceptors (Lipinski definition) is 6. The summed E-state index contributed by atoms with van der Waals surface area (Å²) in [6.45, 7) is 1.47. The Morgan fingerprint density at radius 3 is 2.20 bits per heavy atom. The summed E-state index contributed by atoms with van der Waals surface area (Å²) in [5.74, 6) is -0.619. The van der Waals surface area contributed by atoms with E-state index in [1.807, 2.05) is 4.90 Å². The highest BCUT2D eigenvalue weighted by Crippen LogP contribution is 2.21. The molecule has 0 atom stereocenters. The van der Waals surface area contributed by atoms with Gasteiger partial charge in [-0.2, -0.15) is 4.31 Å². The van der Waals surface area contributed by atoms with Gasteiger partial charge in [-0.1, -0.05) is 11.6 Å². The van der Waals surface area contributed by atoms with Crippen LogP contribution in [-0.2, 0) is 10.0 Å². The average Bonchev–Trinajstić information content (AvgIpc) is 2.62. The first-order valence-corrected chi connectivity index (χ1v) is 9.26. The number of aromatic nitrogens is 2. The van der Waals surface area contributed by atoms with Gasteiger partial charge >= 0.3 is 5.97 Å². The molecule has 25 heavy (non-hydrogen) atoms. The van der Waals surface area contributed by atoms with E-state index in [9.17, 15) is 13.2 Å². The molecular formula is C15H15ClN4O4S.